The lowest BCUT2D eigenvalue weighted by molar-refractivity contribution is 0.0730. The van der Waals surface area contributed by atoms with Crippen LogP contribution in [0.15, 0.2) is 53.4 Å². The summed E-state index contributed by atoms with van der Waals surface area (Å²) in [7, 11) is -1.93. The molecular formula is C25H33N3O5S. The Hall–Kier alpha value is -2.46. The van der Waals surface area contributed by atoms with E-state index in [1.807, 2.05) is 12.1 Å². The molecular weight excluding hydrogens is 454 g/mol. The number of methoxy groups -OCH3 is 1. The van der Waals surface area contributed by atoms with Crippen LogP contribution in [0.3, 0.4) is 0 Å². The van der Waals surface area contributed by atoms with Crippen molar-refractivity contribution in [3.63, 3.8) is 0 Å². The van der Waals surface area contributed by atoms with Crippen molar-refractivity contribution in [3.05, 3.63) is 59.7 Å². The Kier molecular flexibility index (Phi) is 8.20. The molecule has 8 nitrogen and oxygen atoms in total. The number of hydrogen-bond donors (Lipinski definition) is 1. The van der Waals surface area contributed by atoms with Gasteiger partial charge in [-0.05, 0) is 67.9 Å². The van der Waals surface area contributed by atoms with Crippen molar-refractivity contribution in [2.75, 3.05) is 53.0 Å². The van der Waals surface area contributed by atoms with Gasteiger partial charge in [-0.2, -0.15) is 4.31 Å². The smallest absolute Gasteiger partial charge is 0.251 e. The summed E-state index contributed by atoms with van der Waals surface area (Å²) >= 11 is 0. The van der Waals surface area contributed by atoms with Gasteiger partial charge in [0.15, 0.2) is 0 Å². The molecule has 2 aromatic rings. The van der Waals surface area contributed by atoms with Crippen LogP contribution in [0, 0.1) is 0 Å². The largest absolute Gasteiger partial charge is 0.497 e. The Morgan fingerprint density at radius 2 is 1.62 bits per heavy atom. The molecule has 1 atom stereocenters. The molecule has 0 spiro atoms. The average molecular weight is 488 g/mol. The number of carbonyl (C=O) groups is 1. The number of nitrogens with one attached hydrogen (secondary N) is 1. The molecule has 0 unspecified atom stereocenters. The fourth-order valence-corrected chi connectivity index (χ4v) is 5.93. The first-order valence-electron chi connectivity index (χ1n) is 11.8. The van der Waals surface area contributed by atoms with Gasteiger partial charge in [0.1, 0.15) is 5.75 Å². The van der Waals surface area contributed by atoms with Crippen LogP contribution in [0.25, 0.3) is 0 Å². The molecule has 184 valence electrons. The average Bonchev–Trinajstić information content (AvgIpc) is 2.90. The van der Waals surface area contributed by atoms with Gasteiger partial charge in [0, 0.05) is 25.2 Å². The number of rotatable bonds is 8. The van der Waals surface area contributed by atoms with Gasteiger partial charge in [-0.3, -0.25) is 9.69 Å². The number of hydrogen-bond acceptors (Lipinski definition) is 6. The molecule has 0 radical (unpaired) electrons. The molecule has 0 bridgehead atoms. The van der Waals surface area contributed by atoms with E-state index in [0.29, 0.717) is 38.4 Å². The number of benzene rings is 2. The minimum atomic E-state index is -3.58. The molecule has 2 aliphatic heterocycles. The predicted molar refractivity (Wildman–Crippen MR) is 130 cm³/mol. The summed E-state index contributed by atoms with van der Waals surface area (Å²) in [6.07, 6.45) is 3.54. The lowest BCUT2D eigenvalue weighted by Crippen LogP contribution is -2.41. The van der Waals surface area contributed by atoms with Gasteiger partial charge in [-0.1, -0.05) is 18.6 Å². The molecule has 2 fully saturated rings. The van der Waals surface area contributed by atoms with E-state index in [1.165, 1.54) is 22.9 Å². The monoisotopic (exact) mass is 487 g/mol. The number of amides is 1. The van der Waals surface area contributed by atoms with Crippen molar-refractivity contribution in [1.29, 1.82) is 0 Å². The summed E-state index contributed by atoms with van der Waals surface area (Å²) in [6.45, 7) is 3.94. The van der Waals surface area contributed by atoms with Gasteiger partial charge in [0.25, 0.3) is 5.91 Å². The van der Waals surface area contributed by atoms with Crippen molar-refractivity contribution in [3.8, 4) is 5.75 Å². The quantitative estimate of drug-likeness (QED) is 0.616. The summed E-state index contributed by atoms with van der Waals surface area (Å²) in [6, 6.07) is 14.2. The highest BCUT2D eigenvalue weighted by Gasteiger charge is 2.27. The molecule has 34 heavy (non-hydrogen) atoms. The lowest BCUT2D eigenvalue weighted by Gasteiger charge is -2.35. The third-order valence-corrected chi connectivity index (χ3v) is 8.43. The third-order valence-electron chi connectivity index (χ3n) is 6.51. The van der Waals surface area contributed by atoms with E-state index in [-0.39, 0.29) is 16.8 Å². The second kappa shape index (κ2) is 11.3. The number of ether oxygens (including phenoxy) is 2. The second-order valence-corrected chi connectivity index (χ2v) is 10.6. The summed E-state index contributed by atoms with van der Waals surface area (Å²) in [4.78, 5) is 15.5. The summed E-state index contributed by atoms with van der Waals surface area (Å²) in [5.41, 5.74) is 1.57. The first-order chi connectivity index (χ1) is 16.5. The highest BCUT2D eigenvalue weighted by atomic mass is 32.2. The maximum absolute atomic E-state index is 12.9. The summed E-state index contributed by atoms with van der Waals surface area (Å²) in [5.74, 6) is 0.586. The minimum absolute atomic E-state index is 0.0659. The molecule has 2 aromatic carbocycles. The first kappa shape index (κ1) is 24.7. The normalized spacial score (nSPS) is 18.9. The third kappa shape index (κ3) is 5.78. The Labute approximate surface area is 201 Å². The molecule has 2 aliphatic rings. The Morgan fingerprint density at radius 1 is 0.971 bits per heavy atom. The molecule has 0 aliphatic carbocycles. The second-order valence-electron chi connectivity index (χ2n) is 8.64. The first-order valence-corrected chi connectivity index (χ1v) is 13.3. The van der Waals surface area contributed by atoms with E-state index in [1.54, 1.807) is 19.2 Å². The van der Waals surface area contributed by atoms with E-state index in [9.17, 15) is 13.2 Å². The van der Waals surface area contributed by atoms with E-state index in [2.05, 4.69) is 22.3 Å². The standard InChI is InChI=1S/C25H33N3O5S/c1-32-22-9-5-20(6-10-22)24(27-13-3-2-4-14-27)19-26-25(29)21-7-11-23(12-8-21)34(30,31)28-15-17-33-18-16-28/h5-12,24H,2-4,13-19H2,1H3,(H,26,29)/t24-/m0/s1. The van der Waals surface area contributed by atoms with Crippen LogP contribution in [-0.2, 0) is 14.8 Å². The molecule has 0 aromatic heterocycles. The lowest BCUT2D eigenvalue weighted by atomic mass is 10.0. The van der Waals surface area contributed by atoms with Gasteiger partial charge < -0.3 is 14.8 Å². The molecule has 2 heterocycles. The molecule has 0 saturated carbocycles. The Bertz CT molecular complexity index is 1040. The topological polar surface area (TPSA) is 88.2 Å². The Morgan fingerprint density at radius 3 is 2.24 bits per heavy atom. The number of likely N-dealkylation sites (tertiary alicyclic amines) is 1. The van der Waals surface area contributed by atoms with E-state index in [4.69, 9.17) is 9.47 Å². The number of piperidine rings is 1. The fourth-order valence-electron chi connectivity index (χ4n) is 4.52. The van der Waals surface area contributed by atoms with Crippen LogP contribution in [-0.4, -0.2) is 76.6 Å². The van der Waals surface area contributed by atoms with Crippen molar-refractivity contribution in [1.82, 2.24) is 14.5 Å². The zero-order valence-corrected chi connectivity index (χ0v) is 20.4. The molecule has 1 amide bonds. The van der Waals surface area contributed by atoms with Crippen molar-refractivity contribution >= 4 is 15.9 Å². The Balaban J connectivity index is 1.43. The number of sulfonamides is 1. The highest BCUT2D eigenvalue weighted by Crippen LogP contribution is 2.26. The molecule has 2 saturated heterocycles. The van der Waals surface area contributed by atoms with E-state index in [0.717, 1.165) is 37.2 Å². The van der Waals surface area contributed by atoms with Crippen LogP contribution in [0.1, 0.15) is 41.2 Å². The van der Waals surface area contributed by atoms with Gasteiger partial charge >= 0.3 is 0 Å². The van der Waals surface area contributed by atoms with Crippen LogP contribution in [0.4, 0.5) is 0 Å². The zero-order chi connectivity index (χ0) is 24.0. The van der Waals surface area contributed by atoms with Crippen LogP contribution < -0.4 is 10.1 Å². The van der Waals surface area contributed by atoms with Crippen LogP contribution >= 0.6 is 0 Å². The number of morpholine rings is 1. The maximum Gasteiger partial charge on any atom is 0.251 e. The van der Waals surface area contributed by atoms with Crippen molar-refractivity contribution in [2.24, 2.45) is 0 Å². The van der Waals surface area contributed by atoms with Crippen molar-refractivity contribution in [2.45, 2.75) is 30.2 Å². The molecule has 9 heteroatoms. The van der Waals surface area contributed by atoms with Gasteiger partial charge in [0.2, 0.25) is 10.0 Å². The van der Waals surface area contributed by atoms with Gasteiger partial charge in [-0.15, -0.1) is 0 Å². The van der Waals surface area contributed by atoms with Crippen LogP contribution in [0.2, 0.25) is 0 Å². The zero-order valence-electron chi connectivity index (χ0n) is 19.6. The van der Waals surface area contributed by atoms with E-state index >= 15 is 0 Å². The highest BCUT2D eigenvalue weighted by molar-refractivity contribution is 7.89. The maximum atomic E-state index is 12.9. The van der Waals surface area contributed by atoms with E-state index < -0.39 is 10.0 Å². The molecule has 4 rings (SSSR count). The minimum Gasteiger partial charge on any atom is -0.497 e. The van der Waals surface area contributed by atoms with Gasteiger partial charge in [0.05, 0.1) is 31.3 Å². The van der Waals surface area contributed by atoms with Gasteiger partial charge in [-0.25, -0.2) is 8.42 Å². The fraction of sp³-hybridized carbons (Fsp3) is 0.480. The number of nitrogens with zero attached hydrogens (tertiary/aromatic N) is 2. The summed E-state index contributed by atoms with van der Waals surface area (Å²) < 4.78 is 37.6. The summed E-state index contributed by atoms with van der Waals surface area (Å²) in [5, 5.41) is 3.06. The molecule has 1 N–H and O–H groups in total. The van der Waals surface area contributed by atoms with Crippen molar-refractivity contribution < 1.29 is 22.7 Å². The predicted octanol–water partition coefficient (Wildman–Crippen LogP) is 2.67. The SMILES string of the molecule is COc1ccc([C@H](CNC(=O)c2ccc(S(=O)(=O)N3CCOCC3)cc2)N2CCCCC2)cc1. The van der Waals surface area contributed by atoms with Crippen LogP contribution in [0.5, 0.6) is 5.75 Å². The number of carbonyl (C=O) groups excluding carboxylic acids is 1.